The molecule has 2 nitrogen and oxygen atoms in total. The van der Waals surface area contributed by atoms with Gasteiger partial charge in [0.15, 0.2) is 0 Å². The summed E-state index contributed by atoms with van der Waals surface area (Å²) in [5.41, 5.74) is 3.66. The summed E-state index contributed by atoms with van der Waals surface area (Å²) in [6, 6.07) is 16.5. The molecule has 2 aromatic rings. The van der Waals surface area contributed by atoms with Gasteiger partial charge >= 0.3 is 0 Å². The van der Waals surface area contributed by atoms with Gasteiger partial charge in [0.25, 0.3) is 0 Å². The number of unbranched alkanes of at least 4 members (excludes halogenated alkanes) is 1. The molecule has 2 rings (SSSR count). The van der Waals surface area contributed by atoms with Crippen molar-refractivity contribution < 1.29 is 9.53 Å². The van der Waals surface area contributed by atoms with E-state index in [9.17, 15) is 4.79 Å². The second-order valence-corrected chi connectivity index (χ2v) is 4.55. The van der Waals surface area contributed by atoms with Crippen molar-refractivity contribution >= 4 is 6.29 Å². The van der Waals surface area contributed by atoms with Crippen molar-refractivity contribution in [1.29, 1.82) is 0 Å². The first kappa shape index (κ1) is 13.3. The molecule has 0 aromatic heterocycles. The quantitative estimate of drug-likeness (QED) is 0.575. The van der Waals surface area contributed by atoms with Gasteiger partial charge in [-0.2, -0.15) is 0 Å². The van der Waals surface area contributed by atoms with E-state index in [1.54, 1.807) is 0 Å². The highest BCUT2D eigenvalue weighted by Crippen LogP contribution is 2.23. The van der Waals surface area contributed by atoms with Crippen LogP contribution in [-0.4, -0.2) is 12.9 Å². The van der Waals surface area contributed by atoms with Crippen LogP contribution in [0.25, 0.3) is 11.1 Å². The highest BCUT2D eigenvalue weighted by atomic mass is 16.5. The van der Waals surface area contributed by atoms with Gasteiger partial charge in [-0.15, -0.1) is 0 Å². The van der Waals surface area contributed by atoms with Crippen LogP contribution in [0, 0.1) is 6.92 Å². The van der Waals surface area contributed by atoms with Crippen molar-refractivity contribution in [3.63, 3.8) is 0 Å². The first-order valence-corrected chi connectivity index (χ1v) is 6.53. The fourth-order valence-electron chi connectivity index (χ4n) is 1.92. The van der Waals surface area contributed by atoms with E-state index in [1.807, 2.05) is 12.1 Å². The largest absolute Gasteiger partial charge is 0.494 e. The third kappa shape index (κ3) is 3.95. The predicted octanol–water partition coefficient (Wildman–Crippen LogP) is 4.02. The van der Waals surface area contributed by atoms with E-state index in [1.165, 1.54) is 16.7 Å². The molecule has 0 spiro atoms. The molecular weight excluding hydrogens is 236 g/mol. The van der Waals surface area contributed by atoms with Crippen molar-refractivity contribution in [3.05, 3.63) is 54.1 Å². The first-order chi connectivity index (χ1) is 9.29. The second kappa shape index (κ2) is 6.74. The average Bonchev–Trinajstić information content (AvgIpc) is 2.44. The molecular formula is C17H18O2. The van der Waals surface area contributed by atoms with Gasteiger partial charge in [0, 0.05) is 6.42 Å². The van der Waals surface area contributed by atoms with Gasteiger partial charge in [-0.05, 0) is 36.6 Å². The van der Waals surface area contributed by atoms with Crippen LogP contribution in [0.3, 0.4) is 0 Å². The lowest BCUT2D eigenvalue weighted by atomic mass is 10.0. The van der Waals surface area contributed by atoms with E-state index in [2.05, 4.69) is 43.3 Å². The highest BCUT2D eigenvalue weighted by molar-refractivity contribution is 5.64. The minimum atomic E-state index is 0.557. The van der Waals surface area contributed by atoms with Gasteiger partial charge in [0.05, 0.1) is 6.61 Å². The molecule has 0 heterocycles. The van der Waals surface area contributed by atoms with Crippen molar-refractivity contribution in [1.82, 2.24) is 0 Å². The SMILES string of the molecule is Cc1cccc(-c2ccc(OCCCC=O)cc2)c1. The fourth-order valence-corrected chi connectivity index (χ4v) is 1.92. The topological polar surface area (TPSA) is 26.3 Å². The number of ether oxygens (including phenoxy) is 1. The zero-order valence-electron chi connectivity index (χ0n) is 11.1. The zero-order valence-corrected chi connectivity index (χ0v) is 11.1. The molecule has 0 unspecified atom stereocenters. The molecule has 2 heteroatoms. The summed E-state index contributed by atoms with van der Waals surface area (Å²) in [6.45, 7) is 2.68. The maximum atomic E-state index is 10.2. The number of carbonyl (C=O) groups is 1. The minimum absolute atomic E-state index is 0.557. The minimum Gasteiger partial charge on any atom is -0.494 e. The molecule has 98 valence electrons. The van der Waals surface area contributed by atoms with Crippen molar-refractivity contribution in [2.75, 3.05) is 6.61 Å². The first-order valence-electron chi connectivity index (χ1n) is 6.53. The van der Waals surface area contributed by atoms with Crippen LogP contribution in [0.1, 0.15) is 18.4 Å². The highest BCUT2D eigenvalue weighted by Gasteiger charge is 1.99. The summed E-state index contributed by atoms with van der Waals surface area (Å²) in [5, 5.41) is 0. The summed E-state index contributed by atoms with van der Waals surface area (Å²) in [7, 11) is 0. The molecule has 0 N–H and O–H groups in total. The average molecular weight is 254 g/mol. The van der Waals surface area contributed by atoms with Crippen LogP contribution in [-0.2, 0) is 4.79 Å². The zero-order chi connectivity index (χ0) is 13.5. The molecule has 0 aliphatic rings. The van der Waals surface area contributed by atoms with Crippen LogP contribution >= 0.6 is 0 Å². The van der Waals surface area contributed by atoms with Crippen molar-refractivity contribution in [2.45, 2.75) is 19.8 Å². The summed E-state index contributed by atoms with van der Waals surface area (Å²) in [4.78, 5) is 10.2. The Morgan fingerprint density at radius 1 is 1.05 bits per heavy atom. The molecule has 2 aromatic carbocycles. The van der Waals surface area contributed by atoms with E-state index >= 15 is 0 Å². The van der Waals surface area contributed by atoms with E-state index < -0.39 is 0 Å². The number of carbonyl (C=O) groups excluding carboxylic acids is 1. The Hall–Kier alpha value is -2.09. The third-order valence-electron chi connectivity index (χ3n) is 2.94. The van der Waals surface area contributed by atoms with Crippen LogP contribution in [0.5, 0.6) is 5.75 Å². The smallest absolute Gasteiger partial charge is 0.120 e. The van der Waals surface area contributed by atoms with E-state index in [0.29, 0.717) is 13.0 Å². The van der Waals surface area contributed by atoms with E-state index in [-0.39, 0.29) is 0 Å². The number of aryl methyl sites for hydroxylation is 1. The summed E-state index contributed by atoms with van der Waals surface area (Å²) >= 11 is 0. The Kier molecular flexibility index (Phi) is 4.73. The number of aldehydes is 1. The van der Waals surface area contributed by atoms with Gasteiger partial charge in [-0.25, -0.2) is 0 Å². The number of hydrogen-bond acceptors (Lipinski definition) is 2. The normalized spacial score (nSPS) is 10.2. The maximum Gasteiger partial charge on any atom is 0.120 e. The number of rotatable bonds is 6. The Labute approximate surface area is 114 Å². The van der Waals surface area contributed by atoms with Gasteiger partial charge in [0.1, 0.15) is 12.0 Å². The van der Waals surface area contributed by atoms with Gasteiger partial charge in [-0.3, -0.25) is 0 Å². The molecule has 0 saturated heterocycles. The number of hydrogen-bond donors (Lipinski definition) is 0. The monoisotopic (exact) mass is 254 g/mol. The Bertz CT molecular complexity index is 529. The lowest BCUT2D eigenvalue weighted by molar-refractivity contribution is -0.108. The molecule has 19 heavy (non-hydrogen) atoms. The lowest BCUT2D eigenvalue weighted by Crippen LogP contribution is -1.97. The van der Waals surface area contributed by atoms with Crippen LogP contribution in [0.4, 0.5) is 0 Å². The summed E-state index contributed by atoms with van der Waals surface area (Å²) in [5.74, 6) is 0.849. The Balaban J connectivity index is 2.00. The second-order valence-electron chi connectivity index (χ2n) is 4.55. The lowest BCUT2D eigenvalue weighted by Gasteiger charge is -2.07. The molecule has 0 fully saturated rings. The van der Waals surface area contributed by atoms with Crippen LogP contribution in [0.2, 0.25) is 0 Å². The maximum absolute atomic E-state index is 10.2. The van der Waals surface area contributed by atoms with Crippen molar-refractivity contribution in [3.8, 4) is 16.9 Å². The Morgan fingerprint density at radius 2 is 1.84 bits per heavy atom. The van der Waals surface area contributed by atoms with Crippen molar-refractivity contribution in [2.24, 2.45) is 0 Å². The molecule has 0 aliphatic heterocycles. The van der Waals surface area contributed by atoms with Gasteiger partial charge < -0.3 is 9.53 Å². The molecule has 0 radical (unpaired) electrons. The predicted molar refractivity (Wildman–Crippen MR) is 77.4 cm³/mol. The molecule has 0 saturated carbocycles. The van der Waals surface area contributed by atoms with Gasteiger partial charge in [0.2, 0.25) is 0 Å². The molecule has 0 aliphatic carbocycles. The van der Waals surface area contributed by atoms with Gasteiger partial charge in [-0.1, -0.05) is 42.0 Å². The van der Waals surface area contributed by atoms with Crippen LogP contribution in [0.15, 0.2) is 48.5 Å². The molecule has 0 amide bonds. The Morgan fingerprint density at radius 3 is 2.53 bits per heavy atom. The summed E-state index contributed by atoms with van der Waals surface area (Å²) < 4.78 is 5.56. The van der Waals surface area contributed by atoms with Crippen LogP contribution < -0.4 is 4.74 Å². The summed E-state index contributed by atoms with van der Waals surface area (Å²) in [6.07, 6.45) is 2.24. The molecule has 0 bridgehead atoms. The van der Waals surface area contributed by atoms with E-state index in [4.69, 9.17) is 4.74 Å². The standard InChI is InChI=1S/C17H18O2/c1-14-5-4-6-16(13-14)15-7-9-17(10-8-15)19-12-3-2-11-18/h4-11,13H,2-3,12H2,1H3. The molecule has 0 atom stereocenters. The fraction of sp³-hybridized carbons (Fsp3) is 0.235. The van der Waals surface area contributed by atoms with E-state index in [0.717, 1.165) is 18.5 Å². The number of benzene rings is 2. The third-order valence-corrected chi connectivity index (χ3v) is 2.94.